The van der Waals surface area contributed by atoms with Crippen LogP contribution in [0.3, 0.4) is 0 Å². The third kappa shape index (κ3) is 1.43. The van der Waals surface area contributed by atoms with Gasteiger partial charge in [-0.2, -0.15) is 0 Å². The van der Waals surface area contributed by atoms with Gasteiger partial charge in [0.1, 0.15) is 12.4 Å². The smallest absolute Gasteiger partial charge is 0.267 e. The maximum absolute atomic E-state index is 12.6. The van der Waals surface area contributed by atoms with Gasteiger partial charge in [0.15, 0.2) is 0 Å². The van der Waals surface area contributed by atoms with Gasteiger partial charge in [-0.15, -0.1) is 0 Å². The minimum Gasteiger partial charge on any atom is -0.287 e. The van der Waals surface area contributed by atoms with Gasteiger partial charge >= 0.3 is 0 Å². The molecule has 0 aromatic rings. The summed E-state index contributed by atoms with van der Waals surface area (Å²) in [6, 6.07) is 0. The van der Waals surface area contributed by atoms with Gasteiger partial charge in [-0.25, -0.2) is 4.39 Å². The van der Waals surface area contributed by atoms with E-state index in [4.69, 9.17) is 5.73 Å². The van der Waals surface area contributed by atoms with Crippen molar-refractivity contribution in [3.05, 3.63) is 24.1 Å². The Morgan fingerprint density at radius 2 is 2.40 bits per heavy atom. The lowest BCUT2D eigenvalue weighted by atomic mass is 10.4. The summed E-state index contributed by atoms with van der Waals surface area (Å²) in [7, 11) is 1.75. The molecular formula is C7H10FN2+. The van der Waals surface area contributed by atoms with E-state index in [0.717, 1.165) is 0 Å². The maximum Gasteiger partial charge on any atom is 0.267 e. The number of nitrogens with two attached hydrogens (primary N) is 1. The van der Waals surface area contributed by atoms with Crippen molar-refractivity contribution in [2.75, 3.05) is 13.6 Å². The van der Waals surface area contributed by atoms with Crippen molar-refractivity contribution in [3.63, 3.8) is 0 Å². The monoisotopic (exact) mass is 141 g/mol. The molecule has 1 aliphatic heterocycles. The third-order valence-electron chi connectivity index (χ3n) is 1.37. The van der Waals surface area contributed by atoms with Gasteiger partial charge in [-0.05, 0) is 6.08 Å². The fourth-order valence-electron chi connectivity index (χ4n) is 0.749. The van der Waals surface area contributed by atoms with Crippen LogP contribution in [-0.2, 0) is 0 Å². The molecule has 2 nitrogen and oxygen atoms in total. The van der Waals surface area contributed by atoms with E-state index in [2.05, 4.69) is 0 Å². The molecule has 0 aliphatic carbocycles. The molecule has 0 amide bonds. The van der Waals surface area contributed by atoms with Crippen molar-refractivity contribution < 1.29 is 8.97 Å². The predicted molar refractivity (Wildman–Crippen MR) is 38.6 cm³/mol. The highest BCUT2D eigenvalue weighted by atomic mass is 19.1. The van der Waals surface area contributed by atoms with Crippen LogP contribution in [-0.4, -0.2) is 24.0 Å². The van der Waals surface area contributed by atoms with Crippen LogP contribution in [0.2, 0.25) is 0 Å². The van der Waals surface area contributed by atoms with Crippen LogP contribution in [0, 0.1) is 0 Å². The van der Waals surface area contributed by atoms with E-state index < -0.39 is 0 Å². The molecule has 0 saturated heterocycles. The summed E-state index contributed by atoms with van der Waals surface area (Å²) in [5.41, 5.74) is 5.50. The normalized spacial score (nSPS) is 18.8. The lowest BCUT2D eigenvalue weighted by Gasteiger charge is -1.96. The minimum absolute atomic E-state index is 0.167. The van der Waals surface area contributed by atoms with Gasteiger partial charge in [-0.3, -0.25) is 10.3 Å². The fraction of sp³-hybridized carbons (Fsp3) is 0.286. The first-order chi connectivity index (χ1) is 4.70. The van der Waals surface area contributed by atoms with Gasteiger partial charge in [-0.1, -0.05) is 6.08 Å². The van der Waals surface area contributed by atoms with Crippen LogP contribution in [0.1, 0.15) is 0 Å². The fourth-order valence-corrected chi connectivity index (χ4v) is 0.749. The Balaban J connectivity index is 2.90. The van der Waals surface area contributed by atoms with Crippen molar-refractivity contribution >= 4 is 5.84 Å². The molecule has 1 heterocycles. The Bertz CT molecular complexity index is 226. The summed E-state index contributed by atoms with van der Waals surface area (Å²) in [5, 5.41) is 0. The molecule has 0 radical (unpaired) electrons. The van der Waals surface area contributed by atoms with Crippen molar-refractivity contribution in [3.8, 4) is 0 Å². The Morgan fingerprint density at radius 3 is 3.10 bits per heavy atom. The zero-order valence-corrected chi connectivity index (χ0v) is 5.84. The topological polar surface area (TPSA) is 29.0 Å². The summed E-state index contributed by atoms with van der Waals surface area (Å²) in [6.07, 6.45) is 4.69. The average molecular weight is 141 g/mol. The van der Waals surface area contributed by atoms with Gasteiger partial charge in [0.05, 0.1) is 7.05 Å². The molecule has 0 fully saturated rings. The number of allylic oxidation sites excluding steroid dienone is 2. The molecule has 3 heteroatoms. The number of hydrogen-bond acceptors (Lipinski definition) is 1. The zero-order valence-electron chi connectivity index (χ0n) is 5.84. The minimum atomic E-state index is -0.167. The number of rotatable bonds is 0. The number of halogens is 1. The molecule has 1 rings (SSSR count). The highest BCUT2D eigenvalue weighted by molar-refractivity contribution is 5.87. The van der Waals surface area contributed by atoms with Crippen molar-refractivity contribution in [1.29, 1.82) is 0 Å². The van der Waals surface area contributed by atoms with Crippen LogP contribution in [0.25, 0.3) is 0 Å². The second kappa shape index (κ2) is 2.64. The summed E-state index contributed by atoms with van der Waals surface area (Å²) >= 11 is 0. The van der Waals surface area contributed by atoms with Gasteiger partial charge in [0.2, 0.25) is 0 Å². The summed E-state index contributed by atoms with van der Waals surface area (Å²) in [4.78, 5) is 0. The van der Waals surface area contributed by atoms with Crippen LogP contribution >= 0.6 is 0 Å². The van der Waals surface area contributed by atoms with E-state index in [-0.39, 0.29) is 12.4 Å². The standard InChI is InChI=1S/C7H9FN2/c1-10-5-6(8)3-2-4-7(10)9/h2-4,9H,5H2,1H3/p+1. The molecule has 2 N–H and O–H groups in total. The first-order valence-corrected chi connectivity index (χ1v) is 3.06. The van der Waals surface area contributed by atoms with Crippen molar-refractivity contribution in [1.82, 2.24) is 0 Å². The molecule has 0 bridgehead atoms. The second-order valence-corrected chi connectivity index (χ2v) is 2.25. The number of hydrogen-bond donors (Lipinski definition) is 1. The largest absolute Gasteiger partial charge is 0.287 e. The first-order valence-electron chi connectivity index (χ1n) is 3.06. The Kier molecular flexibility index (Phi) is 1.85. The molecule has 0 aromatic carbocycles. The SMILES string of the molecule is C[N+]1=C(N)C=CC=C(F)C1. The number of likely N-dealkylation sites (N-methyl/N-ethyl adjacent to an activating group) is 1. The van der Waals surface area contributed by atoms with Crippen LogP contribution in [0.15, 0.2) is 24.1 Å². The van der Waals surface area contributed by atoms with E-state index in [9.17, 15) is 4.39 Å². The summed E-state index contributed by atoms with van der Waals surface area (Å²) < 4.78 is 14.2. The predicted octanol–water partition coefficient (Wildman–Crippen LogP) is 0.409. The third-order valence-corrected chi connectivity index (χ3v) is 1.37. The molecule has 0 saturated carbocycles. The van der Waals surface area contributed by atoms with Crippen LogP contribution in [0.4, 0.5) is 4.39 Å². The van der Waals surface area contributed by atoms with Gasteiger partial charge in [0.25, 0.3) is 5.84 Å². The summed E-state index contributed by atoms with van der Waals surface area (Å²) in [5.74, 6) is 0.420. The quantitative estimate of drug-likeness (QED) is 0.486. The Hall–Kier alpha value is -1.12. The molecule has 0 unspecified atom stereocenters. The zero-order chi connectivity index (χ0) is 7.56. The lowest BCUT2D eigenvalue weighted by molar-refractivity contribution is -0.490. The molecule has 54 valence electrons. The van der Waals surface area contributed by atoms with Crippen molar-refractivity contribution in [2.45, 2.75) is 0 Å². The van der Waals surface area contributed by atoms with E-state index >= 15 is 0 Å². The highest BCUT2D eigenvalue weighted by Gasteiger charge is 2.05. The first kappa shape index (κ1) is 6.99. The number of nitrogens with zero attached hydrogens (tertiary/aromatic N) is 1. The molecule has 0 spiro atoms. The van der Waals surface area contributed by atoms with Crippen LogP contribution < -0.4 is 5.73 Å². The Morgan fingerprint density at radius 1 is 1.70 bits per heavy atom. The summed E-state index contributed by atoms with van der Waals surface area (Å²) in [6.45, 7) is 0.263. The van der Waals surface area contributed by atoms with Crippen molar-refractivity contribution in [2.24, 2.45) is 5.73 Å². The van der Waals surface area contributed by atoms with Gasteiger partial charge in [0, 0.05) is 6.08 Å². The van der Waals surface area contributed by atoms with E-state index in [1.54, 1.807) is 23.8 Å². The molecule has 1 aliphatic rings. The maximum atomic E-state index is 12.6. The van der Waals surface area contributed by atoms with Gasteiger partial charge < -0.3 is 0 Å². The Labute approximate surface area is 59.2 Å². The number of amidine groups is 1. The molecule has 0 aromatic heterocycles. The average Bonchev–Trinajstić information content (AvgIpc) is 1.96. The highest BCUT2D eigenvalue weighted by Crippen LogP contribution is 1.99. The molecule has 0 atom stereocenters. The van der Waals surface area contributed by atoms with E-state index in [0.29, 0.717) is 5.84 Å². The van der Waals surface area contributed by atoms with E-state index in [1.807, 2.05) is 0 Å². The second-order valence-electron chi connectivity index (χ2n) is 2.25. The lowest BCUT2D eigenvalue weighted by Crippen LogP contribution is -2.23. The van der Waals surface area contributed by atoms with E-state index in [1.165, 1.54) is 6.08 Å². The molecule has 10 heavy (non-hydrogen) atoms. The molecular weight excluding hydrogens is 131 g/mol. The van der Waals surface area contributed by atoms with Crippen LogP contribution in [0.5, 0.6) is 0 Å².